The smallest absolute Gasteiger partial charge is 0.407 e. The summed E-state index contributed by atoms with van der Waals surface area (Å²) in [6.45, 7) is 12.5. The molecule has 5 heteroatoms. The van der Waals surface area contributed by atoms with Crippen LogP contribution < -0.4 is 5.32 Å². The van der Waals surface area contributed by atoms with Crippen LogP contribution in [0.5, 0.6) is 0 Å². The number of carboxylic acid groups (broad SMARTS) is 1. The molecule has 0 atom stereocenters. The highest BCUT2D eigenvalue weighted by molar-refractivity contribution is 5.89. The highest BCUT2D eigenvalue weighted by Gasteiger charge is 2.15. The molecule has 0 bridgehead atoms. The molecule has 100 valence electrons. The Hall–Kier alpha value is -2.04. The van der Waals surface area contributed by atoms with Gasteiger partial charge in [0.05, 0.1) is 5.57 Å². The van der Waals surface area contributed by atoms with Crippen molar-refractivity contribution in [3.63, 3.8) is 0 Å². The van der Waals surface area contributed by atoms with Gasteiger partial charge in [0.2, 0.25) is 0 Å². The highest BCUT2D eigenvalue weighted by Crippen LogP contribution is 2.06. The van der Waals surface area contributed by atoms with Gasteiger partial charge in [-0.15, -0.1) is 0 Å². The molecular weight excluding hydrogens is 234 g/mol. The van der Waals surface area contributed by atoms with Gasteiger partial charge in [0.1, 0.15) is 5.60 Å². The standard InChI is InChI=1S/C13H19NO4/c1-9(6-7-10(2)11(15)16)8-14-12(17)18-13(3,4)5/h6-7H,1-2,8H2,3-5H3,(H,14,17)(H,15,16)/b7-6-. The van der Waals surface area contributed by atoms with E-state index in [0.717, 1.165) is 0 Å². The number of carbonyl (C=O) groups is 2. The van der Waals surface area contributed by atoms with E-state index in [1.165, 1.54) is 12.2 Å². The molecule has 0 aliphatic carbocycles. The first kappa shape index (κ1) is 16.0. The van der Waals surface area contributed by atoms with Crippen molar-refractivity contribution in [1.82, 2.24) is 5.32 Å². The monoisotopic (exact) mass is 253 g/mol. The molecule has 0 aliphatic heterocycles. The van der Waals surface area contributed by atoms with E-state index in [0.29, 0.717) is 5.57 Å². The van der Waals surface area contributed by atoms with E-state index in [1.807, 2.05) is 0 Å². The number of nitrogens with one attached hydrogen (secondary N) is 1. The number of carboxylic acids is 1. The molecule has 0 aromatic carbocycles. The fourth-order valence-corrected chi connectivity index (χ4v) is 0.849. The highest BCUT2D eigenvalue weighted by atomic mass is 16.6. The number of amides is 1. The first-order valence-electron chi connectivity index (χ1n) is 5.37. The number of hydrogen-bond acceptors (Lipinski definition) is 3. The Bertz CT molecular complexity index is 388. The Balaban J connectivity index is 4.09. The van der Waals surface area contributed by atoms with E-state index < -0.39 is 17.7 Å². The van der Waals surface area contributed by atoms with Crippen molar-refractivity contribution in [1.29, 1.82) is 0 Å². The molecule has 0 aliphatic rings. The van der Waals surface area contributed by atoms with Gasteiger partial charge in [0.15, 0.2) is 0 Å². The maximum Gasteiger partial charge on any atom is 0.407 e. The molecule has 0 fully saturated rings. The van der Waals surface area contributed by atoms with Crippen molar-refractivity contribution in [3.8, 4) is 0 Å². The molecule has 2 N–H and O–H groups in total. The molecule has 0 saturated heterocycles. The summed E-state index contributed by atoms with van der Waals surface area (Å²) in [4.78, 5) is 21.8. The normalized spacial score (nSPS) is 11.1. The van der Waals surface area contributed by atoms with E-state index in [-0.39, 0.29) is 12.1 Å². The molecule has 0 aromatic rings. The zero-order valence-electron chi connectivity index (χ0n) is 10.9. The van der Waals surface area contributed by atoms with Gasteiger partial charge in [-0.2, -0.15) is 0 Å². The van der Waals surface area contributed by atoms with Crippen molar-refractivity contribution >= 4 is 12.1 Å². The van der Waals surface area contributed by atoms with Gasteiger partial charge in [-0.25, -0.2) is 9.59 Å². The van der Waals surface area contributed by atoms with Crippen LogP contribution in [0.1, 0.15) is 20.8 Å². The Morgan fingerprint density at radius 3 is 2.28 bits per heavy atom. The van der Waals surface area contributed by atoms with E-state index >= 15 is 0 Å². The first-order chi connectivity index (χ1) is 8.11. The van der Waals surface area contributed by atoms with Crippen LogP contribution in [-0.2, 0) is 9.53 Å². The summed E-state index contributed by atoms with van der Waals surface area (Å²) in [5.41, 5.74) is -0.0598. The van der Waals surface area contributed by atoms with Crippen LogP contribution in [0.25, 0.3) is 0 Å². The third kappa shape index (κ3) is 8.15. The third-order valence-corrected chi connectivity index (χ3v) is 1.65. The Kier molecular flexibility index (Phi) is 5.88. The SMILES string of the molecule is C=C(/C=C\C(=C)C(=O)O)CNC(=O)OC(C)(C)C. The van der Waals surface area contributed by atoms with Crippen LogP contribution in [0, 0.1) is 0 Å². The van der Waals surface area contributed by atoms with Crippen molar-refractivity contribution < 1.29 is 19.4 Å². The minimum absolute atomic E-state index is 0.0478. The predicted octanol–water partition coefficient (Wildman–Crippen LogP) is 2.26. The summed E-state index contributed by atoms with van der Waals surface area (Å²) in [5, 5.41) is 11.1. The Morgan fingerprint density at radius 2 is 1.83 bits per heavy atom. The Morgan fingerprint density at radius 1 is 1.28 bits per heavy atom. The fourth-order valence-electron chi connectivity index (χ4n) is 0.849. The number of alkyl carbamates (subject to hydrolysis) is 1. The van der Waals surface area contributed by atoms with Gasteiger partial charge in [-0.3, -0.25) is 0 Å². The van der Waals surface area contributed by atoms with Crippen molar-refractivity contribution in [3.05, 3.63) is 36.5 Å². The molecular formula is C13H19NO4. The maximum atomic E-state index is 11.3. The first-order valence-corrected chi connectivity index (χ1v) is 5.37. The fraction of sp³-hybridized carbons (Fsp3) is 0.385. The van der Waals surface area contributed by atoms with Crippen LogP contribution in [0.2, 0.25) is 0 Å². The molecule has 0 aromatic heterocycles. The molecule has 1 amide bonds. The van der Waals surface area contributed by atoms with Crippen molar-refractivity contribution in [2.45, 2.75) is 26.4 Å². The minimum Gasteiger partial charge on any atom is -0.478 e. The van der Waals surface area contributed by atoms with E-state index in [9.17, 15) is 9.59 Å². The van der Waals surface area contributed by atoms with Crippen LogP contribution in [-0.4, -0.2) is 29.3 Å². The average molecular weight is 253 g/mol. The quantitative estimate of drug-likeness (QED) is 0.582. The predicted molar refractivity (Wildman–Crippen MR) is 69.3 cm³/mol. The van der Waals surface area contributed by atoms with Gasteiger partial charge in [-0.1, -0.05) is 19.2 Å². The molecule has 18 heavy (non-hydrogen) atoms. The van der Waals surface area contributed by atoms with Crippen LogP contribution in [0.15, 0.2) is 36.5 Å². The van der Waals surface area contributed by atoms with E-state index in [4.69, 9.17) is 9.84 Å². The molecule has 0 unspecified atom stereocenters. The summed E-state index contributed by atoms with van der Waals surface area (Å²) < 4.78 is 5.03. The van der Waals surface area contributed by atoms with Gasteiger partial charge < -0.3 is 15.2 Å². The lowest BCUT2D eigenvalue weighted by Gasteiger charge is -2.19. The van der Waals surface area contributed by atoms with E-state index in [2.05, 4.69) is 18.5 Å². The summed E-state index contributed by atoms with van der Waals surface area (Å²) >= 11 is 0. The van der Waals surface area contributed by atoms with Crippen LogP contribution in [0.4, 0.5) is 4.79 Å². The van der Waals surface area contributed by atoms with Gasteiger partial charge in [-0.05, 0) is 32.4 Å². The lowest BCUT2D eigenvalue weighted by molar-refractivity contribution is -0.132. The third-order valence-electron chi connectivity index (χ3n) is 1.65. The van der Waals surface area contributed by atoms with Gasteiger partial charge in [0.25, 0.3) is 0 Å². The van der Waals surface area contributed by atoms with Crippen molar-refractivity contribution in [2.75, 3.05) is 6.54 Å². The zero-order chi connectivity index (χ0) is 14.3. The topological polar surface area (TPSA) is 75.6 Å². The summed E-state index contributed by atoms with van der Waals surface area (Å²) in [6.07, 6.45) is 2.25. The van der Waals surface area contributed by atoms with E-state index in [1.54, 1.807) is 20.8 Å². The Labute approximate surface area is 107 Å². The lowest BCUT2D eigenvalue weighted by Crippen LogP contribution is -2.33. The lowest BCUT2D eigenvalue weighted by atomic mass is 10.2. The zero-order valence-corrected chi connectivity index (χ0v) is 10.9. The summed E-state index contributed by atoms with van der Waals surface area (Å²) in [6, 6.07) is 0. The van der Waals surface area contributed by atoms with Crippen LogP contribution >= 0.6 is 0 Å². The molecule has 0 rings (SSSR count). The van der Waals surface area contributed by atoms with Gasteiger partial charge >= 0.3 is 12.1 Å². The second-order valence-electron chi connectivity index (χ2n) is 4.68. The molecule has 0 spiro atoms. The number of aliphatic carboxylic acids is 1. The minimum atomic E-state index is -1.10. The van der Waals surface area contributed by atoms with Gasteiger partial charge in [0, 0.05) is 6.54 Å². The van der Waals surface area contributed by atoms with Crippen LogP contribution in [0.3, 0.4) is 0 Å². The maximum absolute atomic E-state index is 11.3. The second kappa shape index (κ2) is 6.64. The number of rotatable bonds is 5. The molecule has 0 radical (unpaired) electrons. The second-order valence-corrected chi connectivity index (χ2v) is 4.68. The number of ether oxygens (including phenoxy) is 1. The molecule has 0 saturated carbocycles. The largest absolute Gasteiger partial charge is 0.478 e. The summed E-state index contributed by atoms with van der Waals surface area (Å²) in [7, 11) is 0. The van der Waals surface area contributed by atoms with Crippen molar-refractivity contribution in [2.24, 2.45) is 0 Å². The summed E-state index contributed by atoms with van der Waals surface area (Å²) in [5.74, 6) is -1.10. The average Bonchev–Trinajstić information content (AvgIpc) is 2.20. The number of hydrogen-bond donors (Lipinski definition) is 2. The molecule has 5 nitrogen and oxygen atoms in total. The molecule has 0 heterocycles. The number of carbonyl (C=O) groups excluding carboxylic acids is 1.